The van der Waals surface area contributed by atoms with Gasteiger partial charge in [-0.2, -0.15) is 4.31 Å². The number of aliphatic hydroxyl groups is 1. The Balaban J connectivity index is 1.73. The van der Waals surface area contributed by atoms with E-state index in [2.05, 4.69) is 10.2 Å². The molecule has 1 amide bonds. The van der Waals surface area contributed by atoms with E-state index in [0.29, 0.717) is 31.7 Å². The van der Waals surface area contributed by atoms with Crippen LogP contribution in [0.25, 0.3) is 0 Å². The molecule has 2 N–H and O–H groups in total. The molecule has 0 aliphatic carbocycles. The smallest absolute Gasteiger partial charge is 0.251 e. The lowest BCUT2D eigenvalue weighted by Crippen LogP contribution is -2.52. The molecule has 1 fully saturated rings. The first-order chi connectivity index (χ1) is 15.2. The summed E-state index contributed by atoms with van der Waals surface area (Å²) < 4.78 is 27.9. The average Bonchev–Trinajstić information content (AvgIpc) is 2.80. The van der Waals surface area contributed by atoms with Crippen molar-refractivity contribution >= 4 is 15.9 Å². The largest absolute Gasteiger partial charge is 0.395 e. The van der Waals surface area contributed by atoms with Gasteiger partial charge in [0, 0.05) is 37.8 Å². The summed E-state index contributed by atoms with van der Waals surface area (Å²) >= 11 is 0. The van der Waals surface area contributed by atoms with Crippen molar-refractivity contribution in [2.45, 2.75) is 43.7 Å². The molecule has 2 aromatic carbocycles. The third-order valence-electron chi connectivity index (χ3n) is 6.13. The van der Waals surface area contributed by atoms with Crippen LogP contribution in [-0.4, -0.2) is 67.5 Å². The predicted octanol–water partition coefficient (Wildman–Crippen LogP) is 2.43. The number of carbonyl (C=O) groups excluding carboxylic acids is 1. The van der Waals surface area contributed by atoms with E-state index in [0.717, 1.165) is 12.0 Å². The molecule has 0 radical (unpaired) electrons. The summed E-state index contributed by atoms with van der Waals surface area (Å²) in [6.45, 7) is 7.77. The number of benzene rings is 2. The maximum Gasteiger partial charge on any atom is 0.251 e. The van der Waals surface area contributed by atoms with E-state index in [-0.39, 0.29) is 23.5 Å². The topological polar surface area (TPSA) is 90.0 Å². The first-order valence-corrected chi connectivity index (χ1v) is 12.5. The van der Waals surface area contributed by atoms with Crippen LogP contribution in [-0.2, 0) is 15.6 Å². The van der Waals surface area contributed by atoms with Gasteiger partial charge < -0.3 is 10.4 Å². The highest BCUT2D eigenvalue weighted by atomic mass is 32.2. The number of nitrogens with zero attached hydrogens (tertiary/aromatic N) is 2. The fourth-order valence-corrected chi connectivity index (χ4v) is 5.51. The van der Waals surface area contributed by atoms with Crippen LogP contribution in [0, 0.1) is 0 Å². The summed E-state index contributed by atoms with van der Waals surface area (Å²) in [6, 6.07) is 15.9. The first kappa shape index (κ1) is 24.4. The van der Waals surface area contributed by atoms with E-state index in [9.17, 15) is 18.3 Å². The van der Waals surface area contributed by atoms with Gasteiger partial charge in [-0.3, -0.25) is 9.69 Å². The van der Waals surface area contributed by atoms with Crippen LogP contribution >= 0.6 is 0 Å². The van der Waals surface area contributed by atoms with Crippen molar-refractivity contribution in [3.05, 3.63) is 65.7 Å². The van der Waals surface area contributed by atoms with Crippen LogP contribution in [0.4, 0.5) is 0 Å². The monoisotopic (exact) mass is 459 g/mol. The molecular formula is C24H33N3O4S. The van der Waals surface area contributed by atoms with Crippen molar-refractivity contribution < 1.29 is 18.3 Å². The summed E-state index contributed by atoms with van der Waals surface area (Å²) in [6.07, 6.45) is 0.819. The van der Waals surface area contributed by atoms with Crippen molar-refractivity contribution in [2.75, 3.05) is 32.8 Å². The van der Waals surface area contributed by atoms with Gasteiger partial charge in [0.2, 0.25) is 10.0 Å². The standard InChI is InChI=1S/C24H33N3O4S/c1-4-21(18-28)26-13-15-27(16-14-26)32(30,31)22-12-8-9-19(17-22)23(29)25-24(2,3)20-10-6-5-7-11-20/h5-12,17,21,28H,4,13-16,18H2,1-3H3,(H,25,29)/t21-/m1/s1. The van der Waals surface area contributed by atoms with E-state index in [1.165, 1.54) is 16.4 Å². The fourth-order valence-electron chi connectivity index (χ4n) is 4.04. The molecular weight excluding hydrogens is 426 g/mol. The number of aliphatic hydroxyl groups excluding tert-OH is 1. The maximum atomic E-state index is 13.2. The van der Waals surface area contributed by atoms with Gasteiger partial charge in [0.1, 0.15) is 0 Å². The molecule has 1 saturated heterocycles. The summed E-state index contributed by atoms with van der Waals surface area (Å²) in [7, 11) is -3.71. The Morgan fingerprint density at radius 3 is 2.31 bits per heavy atom. The minimum Gasteiger partial charge on any atom is -0.395 e. The van der Waals surface area contributed by atoms with Crippen LogP contribution in [0.3, 0.4) is 0 Å². The van der Waals surface area contributed by atoms with Crippen LogP contribution in [0.5, 0.6) is 0 Å². The van der Waals surface area contributed by atoms with E-state index in [4.69, 9.17) is 0 Å². The Labute approximate surface area is 191 Å². The summed E-state index contributed by atoms with van der Waals surface area (Å²) in [5.41, 5.74) is 0.662. The SMILES string of the molecule is CC[C@H](CO)N1CCN(S(=O)(=O)c2cccc(C(=O)NC(C)(C)c3ccccc3)c2)CC1. The van der Waals surface area contributed by atoms with Gasteiger partial charge in [-0.15, -0.1) is 0 Å². The Morgan fingerprint density at radius 2 is 1.72 bits per heavy atom. The number of sulfonamides is 1. The molecule has 0 saturated carbocycles. The number of carbonyl (C=O) groups is 1. The van der Waals surface area contributed by atoms with Crippen LogP contribution in [0.2, 0.25) is 0 Å². The molecule has 3 rings (SSSR count). The molecule has 0 aromatic heterocycles. The Kier molecular flexibility index (Phi) is 7.71. The molecule has 174 valence electrons. The van der Waals surface area contributed by atoms with Crippen molar-refractivity contribution in [1.82, 2.24) is 14.5 Å². The van der Waals surface area contributed by atoms with Gasteiger partial charge in [0.05, 0.1) is 17.0 Å². The van der Waals surface area contributed by atoms with Gasteiger partial charge in [-0.05, 0) is 44.0 Å². The number of nitrogens with one attached hydrogen (secondary N) is 1. The fraction of sp³-hybridized carbons (Fsp3) is 0.458. The molecule has 7 nitrogen and oxygen atoms in total. The van der Waals surface area contributed by atoms with Gasteiger partial charge in [0.25, 0.3) is 5.91 Å². The number of piperazine rings is 1. The van der Waals surface area contributed by atoms with Crippen molar-refractivity contribution in [1.29, 1.82) is 0 Å². The number of rotatable bonds is 8. The molecule has 2 aromatic rings. The zero-order chi connectivity index (χ0) is 23.4. The van der Waals surface area contributed by atoms with Gasteiger partial charge in [-0.1, -0.05) is 43.3 Å². The van der Waals surface area contributed by atoms with E-state index in [1.807, 2.05) is 51.1 Å². The Bertz CT molecular complexity index is 1010. The predicted molar refractivity (Wildman–Crippen MR) is 125 cm³/mol. The highest BCUT2D eigenvalue weighted by molar-refractivity contribution is 7.89. The Morgan fingerprint density at radius 1 is 1.06 bits per heavy atom. The molecule has 1 aliphatic heterocycles. The second kappa shape index (κ2) is 10.1. The van der Waals surface area contributed by atoms with Crippen LogP contribution < -0.4 is 5.32 Å². The minimum absolute atomic E-state index is 0.0554. The van der Waals surface area contributed by atoms with Gasteiger partial charge in [-0.25, -0.2) is 8.42 Å². The van der Waals surface area contributed by atoms with Crippen molar-refractivity contribution in [2.24, 2.45) is 0 Å². The van der Waals surface area contributed by atoms with Crippen LogP contribution in [0.1, 0.15) is 43.1 Å². The lowest BCUT2D eigenvalue weighted by Gasteiger charge is -2.37. The minimum atomic E-state index is -3.71. The molecule has 8 heteroatoms. The van der Waals surface area contributed by atoms with Crippen molar-refractivity contribution in [3.8, 4) is 0 Å². The third-order valence-corrected chi connectivity index (χ3v) is 8.02. The van der Waals surface area contributed by atoms with Crippen molar-refractivity contribution in [3.63, 3.8) is 0 Å². The second-order valence-electron chi connectivity index (χ2n) is 8.66. The average molecular weight is 460 g/mol. The third kappa shape index (κ3) is 5.38. The van der Waals surface area contributed by atoms with Gasteiger partial charge in [0.15, 0.2) is 0 Å². The first-order valence-electron chi connectivity index (χ1n) is 11.0. The summed E-state index contributed by atoms with van der Waals surface area (Å²) in [5.74, 6) is -0.325. The van der Waals surface area contributed by atoms with Gasteiger partial charge >= 0.3 is 0 Å². The zero-order valence-corrected chi connectivity index (χ0v) is 19.8. The molecule has 1 aliphatic rings. The lowest BCUT2D eigenvalue weighted by molar-refractivity contribution is 0.0881. The molecule has 1 atom stereocenters. The molecule has 32 heavy (non-hydrogen) atoms. The number of amides is 1. The van der Waals surface area contributed by atoms with Crippen LogP contribution in [0.15, 0.2) is 59.5 Å². The van der Waals surface area contributed by atoms with E-state index >= 15 is 0 Å². The second-order valence-corrected chi connectivity index (χ2v) is 10.6. The highest BCUT2D eigenvalue weighted by Gasteiger charge is 2.31. The van der Waals surface area contributed by atoms with E-state index in [1.54, 1.807) is 12.1 Å². The van der Waals surface area contributed by atoms with E-state index < -0.39 is 15.6 Å². The highest BCUT2D eigenvalue weighted by Crippen LogP contribution is 2.23. The molecule has 1 heterocycles. The normalized spacial score (nSPS) is 17.1. The molecule has 0 spiro atoms. The number of hydrogen-bond acceptors (Lipinski definition) is 5. The summed E-state index contributed by atoms with van der Waals surface area (Å²) in [5, 5.41) is 12.5. The molecule has 0 unspecified atom stereocenters. The molecule has 0 bridgehead atoms. The maximum absolute atomic E-state index is 13.2. The summed E-state index contributed by atoms with van der Waals surface area (Å²) in [4.78, 5) is 15.2. The Hall–Kier alpha value is -2.26. The zero-order valence-electron chi connectivity index (χ0n) is 19.0. The quantitative estimate of drug-likeness (QED) is 0.633. The lowest BCUT2D eigenvalue weighted by atomic mass is 9.94. The number of hydrogen-bond donors (Lipinski definition) is 2.